The Hall–Kier alpha value is -0.670. The van der Waals surface area contributed by atoms with Gasteiger partial charge >= 0.3 is 0 Å². The van der Waals surface area contributed by atoms with Crippen molar-refractivity contribution in [3.63, 3.8) is 0 Å². The minimum atomic E-state index is -0.365. The van der Waals surface area contributed by atoms with E-state index >= 15 is 0 Å². The lowest BCUT2D eigenvalue weighted by molar-refractivity contribution is 0.636. The van der Waals surface area contributed by atoms with Crippen molar-refractivity contribution in [2.24, 2.45) is 0 Å². The molecule has 1 nitrogen and oxygen atoms in total. The number of hydrogen-bond donors (Lipinski definition) is 0. The summed E-state index contributed by atoms with van der Waals surface area (Å²) in [6.45, 7) is 1.84. The van der Waals surface area contributed by atoms with Gasteiger partial charge in [-0.05, 0) is 30.7 Å². The van der Waals surface area contributed by atoms with Gasteiger partial charge in [-0.15, -0.1) is 0 Å². The predicted molar refractivity (Wildman–Crippen MR) is 59.1 cm³/mol. The zero-order chi connectivity index (χ0) is 10.3. The van der Waals surface area contributed by atoms with E-state index in [4.69, 9.17) is 11.6 Å². The van der Waals surface area contributed by atoms with Gasteiger partial charge in [-0.3, -0.25) is 0 Å². The molecule has 0 saturated carbocycles. The summed E-state index contributed by atoms with van der Waals surface area (Å²) in [6.07, 6.45) is 0. The third-order valence-corrected chi connectivity index (χ3v) is 2.81. The molecule has 0 radical (unpaired) electrons. The molecule has 0 amide bonds. The summed E-state index contributed by atoms with van der Waals surface area (Å²) in [5, 5.41) is 1.09. The maximum Gasteiger partial charge on any atom is 0.150 e. The van der Waals surface area contributed by atoms with Crippen LogP contribution in [0.5, 0.6) is 0 Å². The minimum Gasteiger partial charge on any atom is -0.233 e. The molecule has 0 atom stereocenters. The second kappa shape index (κ2) is 3.48. The van der Waals surface area contributed by atoms with Crippen molar-refractivity contribution in [1.82, 2.24) is 4.98 Å². The second-order valence-corrected chi connectivity index (χ2v) is 4.33. The molecular formula is C10H6BrClFN. The lowest BCUT2D eigenvalue weighted by atomic mass is 10.2. The number of aromatic nitrogens is 1. The third-order valence-electron chi connectivity index (χ3n) is 1.97. The number of hydrogen-bond acceptors (Lipinski definition) is 1. The monoisotopic (exact) mass is 273 g/mol. The summed E-state index contributed by atoms with van der Waals surface area (Å²) in [4.78, 5) is 3.99. The maximum atomic E-state index is 13.4. The van der Waals surface area contributed by atoms with Crippen LogP contribution in [0.1, 0.15) is 5.56 Å². The number of fused-ring (bicyclic) bond motifs is 1. The summed E-state index contributed by atoms with van der Waals surface area (Å²) in [5.41, 5.74) is 1.15. The Kier molecular flexibility index (Phi) is 2.45. The first-order chi connectivity index (χ1) is 6.58. The fourth-order valence-corrected chi connectivity index (χ4v) is 1.88. The van der Waals surface area contributed by atoms with Gasteiger partial charge in [0.1, 0.15) is 10.7 Å². The molecule has 2 aromatic rings. The second-order valence-electron chi connectivity index (χ2n) is 3.06. The van der Waals surface area contributed by atoms with Gasteiger partial charge in [-0.2, -0.15) is 0 Å². The molecule has 1 aromatic heterocycles. The highest BCUT2D eigenvalue weighted by molar-refractivity contribution is 9.10. The van der Waals surface area contributed by atoms with Crippen LogP contribution in [0.15, 0.2) is 22.7 Å². The van der Waals surface area contributed by atoms with Crippen molar-refractivity contribution >= 4 is 38.4 Å². The first-order valence-corrected chi connectivity index (χ1v) is 5.17. The highest BCUT2D eigenvalue weighted by Gasteiger charge is 2.06. The Labute approximate surface area is 94.0 Å². The van der Waals surface area contributed by atoms with Gasteiger partial charge < -0.3 is 0 Å². The van der Waals surface area contributed by atoms with Crippen molar-refractivity contribution in [2.75, 3.05) is 0 Å². The van der Waals surface area contributed by atoms with Crippen molar-refractivity contribution in [2.45, 2.75) is 6.92 Å². The Morgan fingerprint density at radius 1 is 1.36 bits per heavy atom. The molecule has 0 unspecified atom stereocenters. The number of nitrogens with zero attached hydrogens (tertiary/aromatic N) is 1. The lowest BCUT2D eigenvalue weighted by Crippen LogP contribution is -1.88. The molecule has 0 N–H and O–H groups in total. The molecule has 1 aromatic carbocycles. The summed E-state index contributed by atoms with van der Waals surface area (Å²) in [7, 11) is 0. The smallest absolute Gasteiger partial charge is 0.150 e. The molecule has 0 spiro atoms. The van der Waals surface area contributed by atoms with Gasteiger partial charge in [-0.1, -0.05) is 27.5 Å². The van der Waals surface area contributed by atoms with Crippen LogP contribution in [-0.2, 0) is 0 Å². The molecule has 14 heavy (non-hydrogen) atoms. The van der Waals surface area contributed by atoms with E-state index in [2.05, 4.69) is 20.9 Å². The molecular weight excluding hydrogens is 268 g/mol. The van der Waals surface area contributed by atoms with Crippen molar-refractivity contribution in [3.05, 3.63) is 39.2 Å². The third kappa shape index (κ3) is 1.62. The van der Waals surface area contributed by atoms with Gasteiger partial charge in [0, 0.05) is 9.86 Å². The van der Waals surface area contributed by atoms with Crippen LogP contribution in [0.4, 0.5) is 4.39 Å². The first kappa shape index (κ1) is 9.87. The molecule has 2 rings (SSSR count). The zero-order valence-electron chi connectivity index (χ0n) is 7.31. The van der Waals surface area contributed by atoms with Crippen LogP contribution in [0.2, 0.25) is 5.15 Å². The van der Waals surface area contributed by atoms with Crippen molar-refractivity contribution in [3.8, 4) is 0 Å². The predicted octanol–water partition coefficient (Wildman–Crippen LogP) is 4.10. The van der Waals surface area contributed by atoms with E-state index in [0.29, 0.717) is 15.1 Å². The Morgan fingerprint density at radius 3 is 2.79 bits per heavy atom. The molecule has 0 aliphatic heterocycles. The number of benzene rings is 1. The molecule has 4 heteroatoms. The van der Waals surface area contributed by atoms with Crippen LogP contribution >= 0.6 is 27.5 Å². The summed E-state index contributed by atoms with van der Waals surface area (Å²) in [5.74, 6) is -0.365. The van der Waals surface area contributed by atoms with Crippen LogP contribution < -0.4 is 0 Å². The van der Waals surface area contributed by atoms with Gasteiger partial charge in [0.15, 0.2) is 5.82 Å². The Balaban J connectivity index is 2.89. The molecule has 0 bridgehead atoms. The molecule has 0 aliphatic rings. The van der Waals surface area contributed by atoms with Crippen LogP contribution in [0.25, 0.3) is 10.9 Å². The normalized spacial score (nSPS) is 10.9. The SMILES string of the molecule is Cc1cc2cc(Br)cc(F)c2nc1Cl. The summed E-state index contributed by atoms with van der Waals surface area (Å²) >= 11 is 9.04. The summed E-state index contributed by atoms with van der Waals surface area (Å²) < 4.78 is 14.1. The van der Waals surface area contributed by atoms with Crippen LogP contribution in [0.3, 0.4) is 0 Å². The molecule has 0 saturated heterocycles. The quantitative estimate of drug-likeness (QED) is 0.659. The highest BCUT2D eigenvalue weighted by atomic mass is 79.9. The van der Waals surface area contributed by atoms with Crippen LogP contribution in [-0.4, -0.2) is 4.98 Å². The number of pyridine rings is 1. The van der Waals surface area contributed by atoms with E-state index in [-0.39, 0.29) is 5.82 Å². The molecule has 72 valence electrons. The van der Waals surface area contributed by atoms with E-state index in [1.54, 1.807) is 0 Å². The number of aryl methyl sites for hydroxylation is 1. The Bertz CT molecular complexity index is 513. The van der Waals surface area contributed by atoms with Gasteiger partial charge in [0.25, 0.3) is 0 Å². The topological polar surface area (TPSA) is 12.9 Å². The fourth-order valence-electron chi connectivity index (χ4n) is 1.29. The minimum absolute atomic E-state index is 0.309. The van der Waals surface area contributed by atoms with E-state index < -0.39 is 0 Å². The number of rotatable bonds is 0. The first-order valence-electron chi connectivity index (χ1n) is 4.00. The highest BCUT2D eigenvalue weighted by Crippen LogP contribution is 2.25. The van der Waals surface area contributed by atoms with Crippen molar-refractivity contribution < 1.29 is 4.39 Å². The van der Waals surface area contributed by atoms with Crippen molar-refractivity contribution in [1.29, 1.82) is 0 Å². The average molecular weight is 275 g/mol. The van der Waals surface area contributed by atoms with Gasteiger partial charge in [0.05, 0.1) is 0 Å². The van der Waals surface area contributed by atoms with E-state index in [9.17, 15) is 4.39 Å². The molecule has 1 heterocycles. The largest absolute Gasteiger partial charge is 0.233 e. The maximum absolute atomic E-state index is 13.4. The van der Waals surface area contributed by atoms with Crippen LogP contribution in [0, 0.1) is 12.7 Å². The van der Waals surface area contributed by atoms with E-state index in [1.807, 2.05) is 19.1 Å². The van der Waals surface area contributed by atoms with Gasteiger partial charge in [0.2, 0.25) is 0 Å². The van der Waals surface area contributed by atoms with Gasteiger partial charge in [-0.25, -0.2) is 9.37 Å². The lowest BCUT2D eigenvalue weighted by Gasteiger charge is -2.03. The van der Waals surface area contributed by atoms with E-state index in [0.717, 1.165) is 10.9 Å². The van der Waals surface area contributed by atoms with E-state index in [1.165, 1.54) is 6.07 Å². The fraction of sp³-hybridized carbons (Fsp3) is 0.100. The summed E-state index contributed by atoms with van der Waals surface area (Å²) in [6, 6.07) is 5.01. The molecule has 0 aliphatic carbocycles. The Morgan fingerprint density at radius 2 is 2.07 bits per heavy atom. The molecule has 0 fully saturated rings. The zero-order valence-corrected chi connectivity index (χ0v) is 9.66. The average Bonchev–Trinajstić information content (AvgIpc) is 2.08. The standard InChI is InChI=1S/C10H6BrClFN/c1-5-2-6-3-7(11)4-8(13)9(6)14-10(5)12/h2-4H,1H3. The number of halogens is 3.